The van der Waals surface area contributed by atoms with Gasteiger partial charge in [-0.1, -0.05) is 6.92 Å². The molecule has 2 bridgehead atoms. The molecule has 0 saturated heterocycles. The maximum Gasteiger partial charge on any atom is 0.0648 e. The molecule has 0 aliphatic heterocycles. The minimum atomic E-state index is -0.238. The van der Waals surface area contributed by atoms with Gasteiger partial charge in [-0.05, 0) is 43.9 Å². The van der Waals surface area contributed by atoms with Crippen LogP contribution in [0.2, 0.25) is 0 Å². The highest BCUT2D eigenvalue weighted by molar-refractivity contribution is 4.97. The van der Waals surface area contributed by atoms with Gasteiger partial charge in [0.15, 0.2) is 0 Å². The standard InChI is InChI=1S/C9H16O/c1-8-2-5-9(10,6-3-8)7-4-8/h10H,2-7H2,1H3. The maximum absolute atomic E-state index is 9.83. The Morgan fingerprint density at radius 2 is 1.30 bits per heavy atom. The van der Waals surface area contributed by atoms with Crippen LogP contribution < -0.4 is 0 Å². The molecular weight excluding hydrogens is 124 g/mol. The van der Waals surface area contributed by atoms with E-state index in [0.29, 0.717) is 5.41 Å². The lowest BCUT2D eigenvalue weighted by molar-refractivity contribution is -0.0854. The number of fused-ring (bicyclic) bond motifs is 3. The summed E-state index contributed by atoms with van der Waals surface area (Å²) in [7, 11) is 0. The summed E-state index contributed by atoms with van der Waals surface area (Å²) in [6.07, 6.45) is 6.94. The van der Waals surface area contributed by atoms with E-state index < -0.39 is 0 Å². The largest absolute Gasteiger partial charge is 0.390 e. The van der Waals surface area contributed by atoms with Gasteiger partial charge in [0, 0.05) is 0 Å². The van der Waals surface area contributed by atoms with Crippen molar-refractivity contribution in [3.63, 3.8) is 0 Å². The third-order valence-electron chi connectivity index (χ3n) is 3.58. The zero-order chi connectivity index (χ0) is 7.24. The van der Waals surface area contributed by atoms with E-state index in [4.69, 9.17) is 0 Å². The fourth-order valence-electron chi connectivity index (χ4n) is 2.35. The summed E-state index contributed by atoms with van der Waals surface area (Å²) in [5.74, 6) is 0. The Morgan fingerprint density at radius 1 is 0.900 bits per heavy atom. The van der Waals surface area contributed by atoms with Crippen LogP contribution in [0.3, 0.4) is 0 Å². The molecule has 3 fully saturated rings. The molecule has 10 heavy (non-hydrogen) atoms. The molecule has 1 heteroatoms. The Hall–Kier alpha value is -0.0400. The van der Waals surface area contributed by atoms with Crippen molar-refractivity contribution in [3.05, 3.63) is 0 Å². The monoisotopic (exact) mass is 140 g/mol. The van der Waals surface area contributed by atoms with Crippen LogP contribution >= 0.6 is 0 Å². The second kappa shape index (κ2) is 1.76. The third-order valence-corrected chi connectivity index (χ3v) is 3.58. The number of rotatable bonds is 0. The molecule has 3 aliphatic rings. The topological polar surface area (TPSA) is 20.2 Å². The van der Waals surface area contributed by atoms with Crippen molar-refractivity contribution < 1.29 is 5.11 Å². The summed E-state index contributed by atoms with van der Waals surface area (Å²) in [6.45, 7) is 2.37. The molecule has 0 atom stereocenters. The highest BCUT2D eigenvalue weighted by Gasteiger charge is 2.44. The molecule has 1 N–H and O–H groups in total. The fraction of sp³-hybridized carbons (Fsp3) is 1.00. The second-order valence-electron chi connectivity index (χ2n) is 4.54. The molecule has 3 rings (SSSR count). The first kappa shape index (κ1) is 6.66. The lowest BCUT2D eigenvalue weighted by atomic mass is 9.60. The summed E-state index contributed by atoms with van der Waals surface area (Å²) in [6, 6.07) is 0. The Labute approximate surface area is 62.4 Å². The molecule has 0 amide bonds. The van der Waals surface area contributed by atoms with Crippen molar-refractivity contribution in [1.82, 2.24) is 0 Å². The zero-order valence-corrected chi connectivity index (χ0v) is 6.69. The van der Waals surface area contributed by atoms with Crippen LogP contribution in [0.4, 0.5) is 0 Å². The van der Waals surface area contributed by atoms with Crippen LogP contribution in [0, 0.1) is 5.41 Å². The van der Waals surface area contributed by atoms with Gasteiger partial charge in [0.1, 0.15) is 0 Å². The molecular formula is C9H16O. The SMILES string of the molecule is CC12CCC(O)(CC1)CC2. The molecule has 3 aliphatic carbocycles. The van der Waals surface area contributed by atoms with Gasteiger partial charge in [0.25, 0.3) is 0 Å². The van der Waals surface area contributed by atoms with E-state index in [9.17, 15) is 5.11 Å². The van der Waals surface area contributed by atoms with Crippen LogP contribution in [0.15, 0.2) is 0 Å². The van der Waals surface area contributed by atoms with Crippen LogP contribution in [0.1, 0.15) is 45.4 Å². The molecule has 0 aromatic rings. The summed E-state index contributed by atoms with van der Waals surface area (Å²) >= 11 is 0. The van der Waals surface area contributed by atoms with E-state index in [1.807, 2.05) is 0 Å². The van der Waals surface area contributed by atoms with E-state index in [1.54, 1.807) is 0 Å². The van der Waals surface area contributed by atoms with Crippen molar-refractivity contribution in [2.45, 2.75) is 51.0 Å². The van der Waals surface area contributed by atoms with Crippen molar-refractivity contribution >= 4 is 0 Å². The van der Waals surface area contributed by atoms with Crippen LogP contribution in [-0.4, -0.2) is 10.7 Å². The Bertz CT molecular complexity index is 108. The summed E-state index contributed by atoms with van der Waals surface area (Å²) in [4.78, 5) is 0. The molecule has 1 nitrogen and oxygen atoms in total. The first-order chi connectivity index (χ1) is 4.62. The molecule has 0 heterocycles. The van der Waals surface area contributed by atoms with E-state index >= 15 is 0 Å². The maximum atomic E-state index is 9.83. The predicted octanol–water partition coefficient (Wildman–Crippen LogP) is 2.09. The van der Waals surface area contributed by atoms with E-state index in [-0.39, 0.29) is 5.60 Å². The average molecular weight is 140 g/mol. The van der Waals surface area contributed by atoms with Crippen LogP contribution in [0.25, 0.3) is 0 Å². The van der Waals surface area contributed by atoms with Gasteiger partial charge < -0.3 is 5.11 Å². The molecule has 3 saturated carbocycles. The van der Waals surface area contributed by atoms with Crippen molar-refractivity contribution in [3.8, 4) is 0 Å². The minimum absolute atomic E-state index is 0.238. The van der Waals surface area contributed by atoms with E-state index in [2.05, 4.69) is 6.92 Å². The predicted molar refractivity (Wildman–Crippen MR) is 40.8 cm³/mol. The molecule has 0 aromatic heterocycles. The van der Waals surface area contributed by atoms with Gasteiger partial charge in [-0.25, -0.2) is 0 Å². The molecule has 0 radical (unpaired) electrons. The van der Waals surface area contributed by atoms with Crippen molar-refractivity contribution in [2.75, 3.05) is 0 Å². The van der Waals surface area contributed by atoms with Crippen LogP contribution in [0.5, 0.6) is 0 Å². The summed E-state index contributed by atoms with van der Waals surface area (Å²) < 4.78 is 0. The van der Waals surface area contributed by atoms with Crippen LogP contribution in [-0.2, 0) is 0 Å². The number of hydrogen-bond acceptors (Lipinski definition) is 1. The highest BCUT2D eigenvalue weighted by atomic mass is 16.3. The van der Waals surface area contributed by atoms with Gasteiger partial charge in [-0.3, -0.25) is 0 Å². The Kier molecular flexibility index (Phi) is 1.17. The lowest BCUT2D eigenvalue weighted by Gasteiger charge is -2.49. The quantitative estimate of drug-likeness (QED) is 0.546. The number of aliphatic hydroxyl groups is 1. The Balaban J connectivity index is 2.16. The van der Waals surface area contributed by atoms with Crippen molar-refractivity contribution in [1.29, 1.82) is 0 Å². The first-order valence-electron chi connectivity index (χ1n) is 4.34. The third kappa shape index (κ3) is 0.878. The molecule has 0 spiro atoms. The number of hydrogen-bond donors (Lipinski definition) is 1. The normalized spacial score (nSPS) is 53.4. The van der Waals surface area contributed by atoms with Gasteiger partial charge in [0.05, 0.1) is 5.60 Å². The van der Waals surface area contributed by atoms with E-state index in [0.717, 1.165) is 19.3 Å². The second-order valence-corrected chi connectivity index (χ2v) is 4.54. The highest BCUT2D eigenvalue weighted by Crippen LogP contribution is 2.51. The smallest absolute Gasteiger partial charge is 0.0648 e. The molecule has 0 unspecified atom stereocenters. The summed E-state index contributed by atoms with van der Waals surface area (Å²) in [5.41, 5.74) is 0.363. The minimum Gasteiger partial charge on any atom is -0.390 e. The summed E-state index contributed by atoms with van der Waals surface area (Å²) in [5, 5.41) is 9.83. The van der Waals surface area contributed by atoms with E-state index in [1.165, 1.54) is 19.3 Å². The van der Waals surface area contributed by atoms with Gasteiger partial charge >= 0.3 is 0 Å². The average Bonchev–Trinajstić information content (AvgIpc) is 1.93. The zero-order valence-electron chi connectivity index (χ0n) is 6.69. The van der Waals surface area contributed by atoms with Crippen molar-refractivity contribution in [2.24, 2.45) is 5.41 Å². The lowest BCUT2D eigenvalue weighted by Crippen LogP contribution is -2.44. The fourth-order valence-corrected chi connectivity index (χ4v) is 2.35. The van der Waals surface area contributed by atoms with Gasteiger partial charge in [0.2, 0.25) is 0 Å². The Morgan fingerprint density at radius 3 is 1.60 bits per heavy atom. The molecule has 0 aromatic carbocycles. The van der Waals surface area contributed by atoms with Gasteiger partial charge in [-0.15, -0.1) is 0 Å². The first-order valence-corrected chi connectivity index (χ1v) is 4.34. The molecule has 58 valence electrons. The van der Waals surface area contributed by atoms with Gasteiger partial charge in [-0.2, -0.15) is 0 Å².